The van der Waals surface area contributed by atoms with Gasteiger partial charge in [0.05, 0.1) is 20.1 Å². The number of esters is 1. The molecule has 0 saturated heterocycles. The molecule has 0 radical (unpaired) electrons. The Morgan fingerprint density at radius 2 is 1.75 bits per heavy atom. The van der Waals surface area contributed by atoms with Crippen LogP contribution in [0.2, 0.25) is 0 Å². The second-order valence-corrected chi connectivity index (χ2v) is 4.38. The summed E-state index contributed by atoms with van der Waals surface area (Å²) >= 11 is 0. The maximum absolute atomic E-state index is 11.6. The van der Waals surface area contributed by atoms with Crippen LogP contribution < -0.4 is 5.32 Å². The van der Waals surface area contributed by atoms with Crippen molar-refractivity contribution < 1.29 is 19.1 Å². The van der Waals surface area contributed by atoms with Gasteiger partial charge in [-0.15, -0.1) is 0 Å². The van der Waals surface area contributed by atoms with Gasteiger partial charge in [0.15, 0.2) is 5.78 Å². The number of methoxy groups -OCH3 is 1. The number of carbonyl (C=O) groups is 3. The van der Waals surface area contributed by atoms with E-state index in [0.717, 1.165) is 5.56 Å². The number of hydrogen-bond donors (Lipinski definition) is 1. The van der Waals surface area contributed by atoms with Crippen molar-refractivity contribution in [3.63, 3.8) is 0 Å². The Kier molecular flexibility index (Phi) is 7.03. The Bertz CT molecular complexity index is 456. The largest absolute Gasteiger partial charge is 0.469 e. The number of aryl methyl sites for hydroxylation is 1. The second-order valence-electron chi connectivity index (χ2n) is 4.38. The van der Waals surface area contributed by atoms with Gasteiger partial charge in [-0.2, -0.15) is 0 Å². The highest BCUT2D eigenvalue weighted by atomic mass is 16.5. The van der Waals surface area contributed by atoms with Gasteiger partial charge in [0.25, 0.3) is 0 Å². The van der Waals surface area contributed by atoms with Gasteiger partial charge in [-0.05, 0) is 12.0 Å². The van der Waals surface area contributed by atoms with Crippen LogP contribution in [0.1, 0.15) is 24.8 Å². The van der Waals surface area contributed by atoms with E-state index >= 15 is 0 Å². The van der Waals surface area contributed by atoms with E-state index in [1.165, 1.54) is 7.11 Å². The van der Waals surface area contributed by atoms with Crippen LogP contribution in [-0.2, 0) is 25.5 Å². The van der Waals surface area contributed by atoms with Gasteiger partial charge in [-0.1, -0.05) is 30.3 Å². The minimum Gasteiger partial charge on any atom is -0.469 e. The summed E-state index contributed by atoms with van der Waals surface area (Å²) in [5, 5.41) is 2.55. The number of carbonyl (C=O) groups excluding carboxylic acids is 3. The third kappa shape index (κ3) is 6.68. The van der Waals surface area contributed by atoms with Crippen LogP contribution in [0.25, 0.3) is 0 Å². The zero-order chi connectivity index (χ0) is 14.8. The highest BCUT2D eigenvalue weighted by Crippen LogP contribution is 2.02. The molecule has 1 aromatic rings. The molecule has 0 bridgehead atoms. The molecule has 0 aromatic heterocycles. The van der Waals surface area contributed by atoms with E-state index < -0.39 is 5.97 Å². The van der Waals surface area contributed by atoms with Gasteiger partial charge in [0.2, 0.25) is 5.91 Å². The van der Waals surface area contributed by atoms with E-state index in [2.05, 4.69) is 10.1 Å². The van der Waals surface area contributed by atoms with Crippen molar-refractivity contribution in [3.05, 3.63) is 35.9 Å². The van der Waals surface area contributed by atoms with Gasteiger partial charge in [-0.3, -0.25) is 14.4 Å². The normalized spacial score (nSPS) is 9.85. The molecule has 5 nitrogen and oxygen atoms in total. The summed E-state index contributed by atoms with van der Waals surface area (Å²) in [4.78, 5) is 33.8. The first-order chi connectivity index (χ1) is 9.61. The van der Waals surface area contributed by atoms with Gasteiger partial charge in [0, 0.05) is 12.8 Å². The quantitative estimate of drug-likeness (QED) is 0.726. The fourth-order valence-corrected chi connectivity index (χ4v) is 1.62. The van der Waals surface area contributed by atoms with Gasteiger partial charge < -0.3 is 10.1 Å². The first-order valence-corrected chi connectivity index (χ1v) is 6.51. The average Bonchev–Trinajstić information content (AvgIpc) is 2.49. The average molecular weight is 277 g/mol. The van der Waals surface area contributed by atoms with E-state index in [9.17, 15) is 14.4 Å². The Morgan fingerprint density at radius 1 is 1.05 bits per heavy atom. The fourth-order valence-electron chi connectivity index (χ4n) is 1.62. The second kappa shape index (κ2) is 8.85. The van der Waals surface area contributed by atoms with E-state index in [0.29, 0.717) is 12.8 Å². The molecule has 20 heavy (non-hydrogen) atoms. The summed E-state index contributed by atoms with van der Waals surface area (Å²) in [6, 6.07) is 9.67. The maximum atomic E-state index is 11.6. The van der Waals surface area contributed by atoms with E-state index in [4.69, 9.17) is 0 Å². The molecule has 0 fully saturated rings. The lowest BCUT2D eigenvalue weighted by atomic mass is 10.1. The van der Waals surface area contributed by atoms with Crippen LogP contribution in [0.4, 0.5) is 0 Å². The summed E-state index contributed by atoms with van der Waals surface area (Å²) in [7, 11) is 1.28. The molecule has 1 amide bonds. The van der Waals surface area contributed by atoms with Crippen molar-refractivity contribution >= 4 is 17.7 Å². The summed E-state index contributed by atoms with van der Waals surface area (Å²) in [6.45, 7) is -0.0371. The smallest absolute Gasteiger partial charge is 0.305 e. The Hall–Kier alpha value is -2.17. The van der Waals surface area contributed by atoms with Crippen molar-refractivity contribution in [1.29, 1.82) is 0 Å². The highest BCUT2D eigenvalue weighted by Gasteiger charge is 2.08. The van der Waals surface area contributed by atoms with Crippen molar-refractivity contribution in [1.82, 2.24) is 5.32 Å². The maximum Gasteiger partial charge on any atom is 0.305 e. The third-order valence-corrected chi connectivity index (χ3v) is 2.80. The highest BCUT2D eigenvalue weighted by molar-refractivity contribution is 5.88. The van der Waals surface area contributed by atoms with Crippen molar-refractivity contribution in [2.75, 3.05) is 13.7 Å². The van der Waals surface area contributed by atoms with E-state index in [-0.39, 0.29) is 31.1 Å². The minimum atomic E-state index is -0.422. The number of hydrogen-bond acceptors (Lipinski definition) is 4. The zero-order valence-electron chi connectivity index (χ0n) is 11.6. The van der Waals surface area contributed by atoms with E-state index in [1.54, 1.807) is 0 Å². The summed E-state index contributed by atoms with van der Waals surface area (Å²) in [6.07, 6.45) is 1.12. The monoisotopic (exact) mass is 277 g/mol. The minimum absolute atomic E-state index is 0.0371. The van der Waals surface area contributed by atoms with Crippen LogP contribution in [0.3, 0.4) is 0 Å². The molecule has 0 atom stereocenters. The lowest BCUT2D eigenvalue weighted by Crippen LogP contribution is -2.29. The van der Waals surface area contributed by atoms with Crippen LogP contribution in [0.5, 0.6) is 0 Å². The molecule has 1 N–H and O–H groups in total. The fraction of sp³-hybridized carbons (Fsp3) is 0.400. The lowest BCUT2D eigenvalue weighted by Gasteiger charge is -2.04. The van der Waals surface area contributed by atoms with Crippen molar-refractivity contribution in [3.8, 4) is 0 Å². The molecule has 0 saturated carbocycles. The van der Waals surface area contributed by atoms with Crippen LogP contribution in [0, 0.1) is 0 Å². The first kappa shape index (κ1) is 15.9. The molecule has 0 aliphatic carbocycles. The summed E-state index contributed by atoms with van der Waals surface area (Å²) < 4.78 is 4.44. The third-order valence-electron chi connectivity index (χ3n) is 2.80. The molecule has 108 valence electrons. The predicted molar refractivity (Wildman–Crippen MR) is 74.0 cm³/mol. The topological polar surface area (TPSA) is 72.5 Å². The number of ketones is 1. The number of Topliss-reactive ketones (excluding diaryl/α,β-unsaturated/α-hetero) is 1. The molecule has 1 rings (SSSR count). The van der Waals surface area contributed by atoms with Gasteiger partial charge in [-0.25, -0.2) is 0 Å². The Morgan fingerprint density at radius 3 is 2.40 bits per heavy atom. The van der Waals surface area contributed by atoms with Gasteiger partial charge in [0.1, 0.15) is 0 Å². The molecule has 0 aliphatic rings. The first-order valence-electron chi connectivity index (χ1n) is 6.51. The van der Waals surface area contributed by atoms with Crippen molar-refractivity contribution in [2.24, 2.45) is 0 Å². The number of benzene rings is 1. The van der Waals surface area contributed by atoms with Gasteiger partial charge >= 0.3 is 5.97 Å². The van der Waals surface area contributed by atoms with Crippen LogP contribution in [0.15, 0.2) is 30.3 Å². The van der Waals surface area contributed by atoms with E-state index in [1.807, 2.05) is 30.3 Å². The number of amides is 1. The summed E-state index contributed by atoms with van der Waals surface area (Å²) in [5.41, 5.74) is 1.08. The Balaban J connectivity index is 2.16. The lowest BCUT2D eigenvalue weighted by molar-refractivity contribution is -0.141. The summed E-state index contributed by atoms with van der Waals surface area (Å²) in [5.74, 6) is -0.766. The number of nitrogens with one attached hydrogen (secondary N) is 1. The van der Waals surface area contributed by atoms with Crippen molar-refractivity contribution in [2.45, 2.75) is 25.7 Å². The standard InChI is InChI=1S/C15H19NO4/c1-20-15(19)10-8-13(17)11-16-14(18)9-7-12-5-3-2-4-6-12/h2-6H,7-11H2,1H3,(H,16,18). The molecular weight excluding hydrogens is 258 g/mol. The molecule has 0 heterocycles. The molecule has 0 spiro atoms. The molecular formula is C15H19NO4. The molecule has 5 heteroatoms. The predicted octanol–water partition coefficient (Wildman–Crippen LogP) is 1.26. The number of rotatable bonds is 8. The number of ether oxygens (including phenoxy) is 1. The zero-order valence-corrected chi connectivity index (χ0v) is 11.6. The molecule has 0 aliphatic heterocycles. The SMILES string of the molecule is COC(=O)CCC(=O)CNC(=O)CCc1ccccc1. The van der Waals surface area contributed by atoms with Crippen LogP contribution >= 0.6 is 0 Å². The molecule has 0 unspecified atom stereocenters. The van der Waals surface area contributed by atoms with Crippen LogP contribution in [-0.4, -0.2) is 31.3 Å². The Labute approximate surface area is 118 Å². The molecule has 1 aromatic carbocycles.